The molecule has 1 saturated heterocycles. The zero-order valence-corrected chi connectivity index (χ0v) is 16.5. The summed E-state index contributed by atoms with van der Waals surface area (Å²) < 4.78 is 25.6. The number of rotatable bonds is 6. The number of nitrogens with one attached hydrogen (secondary N) is 1. The topological polar surface area (TPSA) is 80.8 Å². The van der Waals surface area contributed by atoms with E-state index in [4.69, 9.17) is 9.47 Å². The third kappa shape index (κ3) is 4.64. The van der Waals surface area contributed by atoms with Gasteiger partial charge in [0.1, 0.15) is 11.5 Å². The molecule has 0 bridgehead atoms. The van der Waals surface area contributed by atoms with Gasteiger partial charge in [-0.2, -0.15) is 0 Å². The van der Waals surface area contributed by atoms with E-state index >= 15 is 4.39 Å². The lowest BCUT2D eigenvalue weighted by Crippen LogP contribution is -2.52. The van der Waals surface area contributed by atoms with Crippen LogP contribution >= 0.6 is 0 Å². The summed E-state index contributed by atoms with van der Waals surface area (Å²) in [5, 5.41) is 2.64. The zero-order valence-electron chi connectivity index (χ0n) is 16.5. The first-order valence-corrected chi connectivity index (χ1v) is 9.34. The number of alkyl halides is 1. The molecule has 29 heavy (non-hydrogen) atoms. The van der Waals surface area contributed by atoms with Crippen LogP contribution in [0.25, 0.3) is 0 Å². The number of hydrogen-bond donors (Lipinski definition) is 1. The summed E-state index contributed by atoms with van der Waals surface area (Å²) in [7, 11) is 3.00. The Balaban J connectivity index is 1.60. The predicted octanol–water partition coefficient (Wildman–Crippen LogP) is 2.36. The number of methoxy groups -OCH3 is 2. The first-order chi connectivity index (χ1) is 14.0. The van der Waals surface area contributed by atoms with E-state index in [2.05, 4.69) is 10.3 Å². The van der Waals surface area contributed by atoms with E-state index in [9.17, 15) is 9.59 Å². The van der Waals surface area contributed by atoms with Crippen LogP contribution in [0.4, 0.5) is 4.39 Å². The summed E-state index contributed by atoms with van der Waals surface area (Å²) in [4.78, 5) is 30.7. The van der Waals surface area contributed by atoms with Crippen LogP contribution in [0.2, 0.25) is 0 Å². The number of ether oxygens (including phenoxy) is 2. The van der Waals surface area contributed by atoms with Gasteiger partial charge in [-0.05, 0) is 29.8 Å². The third-order valence-electron chi connectivity index (χ3n) is 5.09. The summed E-state index contributed by atoms with van der Waals surface area (Å²) in [5.74, 6) is 0.0550. The maximum Gasteiger partial charge on any atom is 0.258 e. The highest BCUT2D eigenvalue weighted by Crippen LogP contribution is 2.30. The van der Waals surface area contributed by atoms with Gasteiger partial charge in [0.2, 0.25) is 0 Å². The minimum absolute atomic E-state index is 0.0562. The average Bonchev–Trinajstić information content (AvgIpc) is 2.77. The van der Waals surface area contributed by atoms with E-state index in [-0.39, 0.29) is 38.4 Å². The Hall–Kier alpha value is -3.16. The second-order valence-electron chi connectivity index (χ2n) is 6.86. The molecule has 0 atom stereocenters. The number of aromatic nitrogens is 1. The van der Waals surface area contributed by atoms with Gasteiger partial charge in [-0.3, -0.25) is 14.6 Å². The molecule has 0 unspecified atom stereocenters. The number of carbonyl (C=O) groups is 2. The lowest BCUT2D eigenvalue weighted by molar-refractivity contribution is -0.135. The molecule has 1 aliphatic heterocycles. The number of halogens is 1. The monoisotopic (exact) mass is 401 g/mol. The number of carbonyl (C=O) groups excluding carboxylic acids is 2. The number of nitrogens with zero attached hydrogens (tertiary/aromatic N) is 2. The highest BCUT2D eigenvalue weighted by Gasteiger charge is 2.42. The zero-order chi connectivity index (χ0) is 20.9. The van der Waals surface area contributed by atoms with Gasteiger partial charge in [0.25, 0.3) is 11.8 Å². The molecular weight excluding hydrogens is 377 g/mol. The Morgan fingerprint density at radius 2 is 1.83 bits per heavy atom. The molecule has 0 aliphatic carbocycles. The lowest BCUT2D eigenvalue weighted by atomic mass is 9.91. The quantitative estimate of drug-likeness (QED) is 0.804. The molecule has 1 fully saturated rings. The minimum Gasteiger partial charge on any atom is -0.497 e. The van der Waals surface area contributed by atoms with Crippen LogP contribution in [-0.2, 0) is 11.3 Å². The molecule has 8 heteroatoms. The minimum atomic E-state index is -1.99. The molecule has 2 aromatic rings. The molecule has 154 valence electrons. The van der Waals surface area contributed by atoms with Crippen molar-refractivity contribution in [2.75, 3.05) is 27.3 Å². The van der Waals surface area contributed by atoms with Crippen molar-refractivity contribution in [3.8, 4) is 11.5 Å². The molecule has 0 spiro atoms. The van der Waals surface area contributed by atoms with E-state index < -0.39 is 11.6 Å². The van der Waals surface area contributed by atoms with Gasteiger partial charge < -0.3 is 19.7 Å². The maximum absolute atomic E-state index is 15.1. The van der Waals surface area contributed by atoms with Crippen LogP contribution in [0, 0.1) is 0 Å². The van der Waals surface area contributed by atoms with E-state index in [0.717, 1.165) is 5.56 Å². The summed E-state index contributed by atoms with van der Waals surface area (Å²) in [6.07, 6.45) is 3.12. The number of piperidine rings is 1. The van der Waals surface area contributed by atoms with E-state index in [1.54, 1.807) is 42.7 Å². The molecule has 7 nitrogen and oxygen atoms in total. The smallest absolute Gasteiger partial charge is 0.258 e. The second kappa shape index (κ2) is 8.89. The fourth-order valence-corrected chi connectivity index (χ4v) is 3.28. The largest absolute Gasteiger partial charge is 0.497 e. The van der Waals surface area contributed by atoms with Crippen molar-refractivity contribution >= 4 is 11.8 Å². The van der Waals surface area contributed by atoms with Crippen molar-refractivity contribution < 1.29 is 23.5 Å². The highest BCUT2D eigenvalue weighted by atomic mass is 19.1. The normalized spacial score (nSPS) is 15.5. The van der Waals surface area contributed by atoms with E-state index in [0.29, 0.717) is 17.1 Å². The van der Waals surface area contributed by atoms with Gasteiger partial charge in [-0.15, -0.1) is 0 Å². The number of amides is 2. The van der Waals surface area contributed by atoms with Gasteiger partial charge in [0, 0.05) is 50.9 Å². The van der Waals surface area contributed by atoms with Crippen molar-refractivity contribution in [1.29, 1.82) is 0 Å². The first-order valence-electron chi connectivity index (χ1n) is 9.34. The lowest BCUT2D eigenvalue weighted by Gasteiger charge is -2.35. The van der Waals surface area contributed by atoms with Crippen molar-refractivity contribution in [3.05, 3.63) is 53.9 Å². The van der Waals surface area contributed by atoms with Crippen molar-refractivity contribution in [2.24, 2.45) is 0 Å². The standard InChI is InChI=1S/C21H24FN3O4/c1-28-16-3-4-17(18(13-16)29-2)19(26)25-11-7-21(22,8-12-25)20(27)24-14-15-5-9-23-10-6-15/h3-6,9-10,13H,7-8,11-12,14H2,1-2H3,(H,24,27). The molecule has 1 aromatic heterocycles. The number of pyridine rings is 1. The van der Waals surface area contributed by atoms with Crippen LogP contribution in [0.15, 0.2) is 42.7 Å². The number of benzene rings is 1. The Morgan fingerprint density at radius 3 is 2.45 bits per heavy atom. The van der Waals surface area contributed by atoms with Crippen LogP contribution < -0.4 is 14.8 Å². The fraction of sp³-hybridized carbons (Fsp3) is 0.381. The van der Waals surface area contributed by atoms with Gasteiger partial charge in [0.15, 0.2) is 5.67 Å². The highest BCUT2D eigenvalue weighted by molar-refractivity contribution is 5.97. The van der Waals surface area contributed by atoms with Crippen LogP contribution in [0.1, 0.15) is 28.8 Å². The van der Waals surface area contributed by atoms with Crippen molar-refractivity contribution in [2.45, 2.75) is 25.1 Å². The summed E-state index contributed by atoms with van der Waals surface area (Å²) in [6, 6.07) is 8.44. The molecule has 2 heterocycles. The van der Waals surface area contributed by atoms with Crippen molar-refractivity contribution in [1.82, 2.24) is 15.2 Å². The first kappa shape index (κ1) is 20.6. The predicted molar refractivity (Wildman–Crippen MR) is 105 cm³/mol. The SMILES string of the molecule is COc1ccc(C(=O)N2CCC(F)(C(=O)NCc3ccncc3)CC2)c(OC)c1. The Kier molecular flexibility index (Phi) is 6.31. The second-order valence-corrected chi connectivity index (χ2v) is 6.86. The van der Waals surface area contributed by atoms with Gasteiger partial charge in [-0.25, -0.2) is 4.39 Å². The molecule has 2 amide bonds. The van der Waals surface area contributed by atoms with E-state index in [1.165, 1.54) is 19.1 Å². The van der Waals surface area contributed by atoms with Gasteiger partial charge in [-0.1, -0.05) is 0 Å². The third-order valence-corrected chi connectivity index (χ3v) is 5.09. The van der Waals surface area contributed by atoms with E-state index in [1.807, 2.05) is 0 Å². The Bertz CT molecular complexity index is 867. The average molecular weight is 401 g/mol. The molecule has 0 saturated carbocycles. The van der Waals surface area contributed by atoms with Crippen molar-refractivity contribution in [3.63, 3.8) is 0 Å². The van der Waals surface area contributed by atoms with Crippen LogP contribution in [0.5, 0.6) is 11.5 Å². The molecular formula is C21H24FN3O4. The maximum atomic E-state index is 15.1. The van der Waals surface area contributed by atoms with Crippen LogP contribution in [0.3, 0.4) is 0 Å². The summed E-state index contributed by atoms with van der Waals surface area (Å²) >= 11 is 0. The summed E-state index contributed by atoms with van der Waals surface area (Å²) in [5.41, 5.74) is -0.772. The Morgan fingerprint density at radius 1 is 1.14 bits per heavy atom. The molecule has 1 aliphatic rings. The molecule has 1 N–H and O–H groups in total. The molecule has 0 radical (unpaired) electrons. The Labute approximate surface area is 168 Å². The number of likely N-dealkylation sites (tertiary alicyclic amines) is 1. The number of hydrogen-bond acceptors (Lipinski definition) is 5. The van der Waals surface area contributed by atoms with Crippen LogP contribution in [-0.4, -0.2) is 54.7 Å². The van der Waals surface area contributed by atoms with Gasteiger partial charge in [0.05, 0.1) is 19.8 Å². The molecule has 1 aromatic carbocycles. The van der Waals surface area contributed by atoms with Gasteiger partial charge >= 0.3 is 0 Å². The summed E-state index contributed by atoms with van der Waals surface area (Å²) in [6.45, 7) is 0.527. The fourth-order valence-electron chi connectivity index (χ4n) is 3.28. The molecule has 3 rings (SSSR count).